The Bertz CT molecular complexity index is 2760. The summed E-state index contributed by atoms with van der Waals surface area (Å²) in [4.78, 5) is 90.9. The number of likely N-dealkylation sites (tertiary alicyclic amines) is 1. The van der Waals surface area contributed by atoms with E-state index < -0.39 is 65.8 Å². The summed E-state index contributed by atoms with van der Waals surface area (Å²) in [5, 5.41) is 16.1. The largest absolute Gasteiger partial charge is 0.481 e. The molecule has 2 aliphatic heterocycles. The van der Waals surface area contributed by atoms with Gasteiger partial charge in [-0.1, -0.05) is 80.1 Å². The maximum Gasteiger partial charge on any atom is 0.308 e. The maximum absolute atomic E-state index is 14.8. The fraction of sp³-hybridized carbons (Fsp3) is 0.421. The van der Waals surface area contributed by atoms with Gasteiger partial charge in [-0.3, -0.25) is 33.8 Å². The first-order valence-electron chi connectivity index (χ1n) is 25.0. The van der Waals surface area contributed by atoms with E-state index in [1.165, 1.54) is 16.8 Å². The van der Waals surface area contributed by atoms with Gasteiger partial charge in [0.25, 0.3) is 5.56 Å². The molecule has 3 N–H and O–H groups in total. The molecule has 15 nitrogen and oxygen atoms in total. The fourth-order valence-electron chi connectivity index (χ4n) is 10.0. The summed E-state index contributed by atoms with van der Waals surface area (Å²) in [7, 11) is 1.69. The first-order chi connectivity index (χ1) is 34.6. The van der Waals surface area contributed by atoms with Crippen molar-refractivity contribution in [3.63, 3.8) is 0 Å². The highest BCUT2D eigenvalue weighted by atomic mass is 16.5. The van der Waals surface area contributed by atoms with Crippen LogP contribution in [-0.4, -0.2) is 88.7 Å². The number of anilines is 1. The number of carbonyl (C=O) groups is 5. The molecule has 7 rings (SSSR count). The number of hydrogen-bond donors (Lipinski definition) is 3. The quantitative estimate of drug-likeness (QED) is 0.0639. The molecule has 2 aromatic heterocycles. The van der Waals surface area contributed by atoms with Crippen LogP contribution in [-0.2, 0) is 33.4 Å². The Kier molecular flexibility index (Phi) is 17.8. The van der Waals surface area contributed by atoms with Gasteiger partial charge in [-0.15, -0.1) is 0 Å². The smallest absolute Gasteiger partial charge is 0.308 e. The third-order valence-corrected chi connectivity index (χ3v) is 13.9. The van der Waals surface area contributed by atoms with Crippen molar-refractivity contribution in [3.8, 4) is 11.1 Å². The Morgan fingerprint density at radius 2 is 1.53 bits per heavy atom. The number of hydrogen-bond acceptors (Lipinski definition) is 10. The maximum atomic E-state index is 14.8. The minimum atomic E-state index is -1.11. The Balaban J connectivity index is 1.12. The molecule has 3 aromatic carbocycles. The Morgan fingerprint density at radius 3 is 2.25 bits per heavy atom. The van der Waals surface area contributed by atoms with Gasteiger partial charge in [-0.05, 0) is 116 Å². The average Bonchev–Trinajstić information content (AvgIpc) is 3.36. The summed E-state index contributed by atoms with van der Waals surface area (Å²) in [5.41, 5.74) is 7.11. The molecule has 15 heteroatoms. The highest BCUT2D eigenvalue weighted by molar-refractivity contribution is 5.90. The zero-order chi connectivity index (χ0) is 51.5. The molecule has 0 spiro atoms. The standard InChI is InChI=1S/C57H68N6O9/c1-36-18-21-41(22-19-36)55(63-33-37(2)20-23-51(63)65)57(70)60-48(43-27-44(32-58-31-43)54-39(4)12-9-13-40(54)5)30-53(68)72-35-38(3)26-49(62-25-8-7-17-50(62)64)56(69)59-47(29-52(66)67)42-14-10-15-45(28-42)61-24-11-16-46(34-61)71-6/h7-10,12-15,17-19,21-22,25,27-28,31-32,37-38,46-49,55H,11,16,20,23-24,26,29-30,33-35H2,1-6H3,(H,59,69)(H,60,70)(H,66,67)/t37?,38?,46-,47-,48-,49-,55+/m0/s1. The van der Waals surface area contributed by atoms with Crippen LogP contribution < -0.4 is 21.1 Å². The van der Waals surface area contributed by atoms with Crippen molar-refractivity contribution in [2.24, 2.45) is 11.8 Å². The van der Waals surface area contributed by atoms with Gasteiger partial charge in [0, 0.05) is 69.1 Å². The van der Waals surface area contributed by atoms with Crippen LogP contribution in [0.15, 0.2) is 114 Å². The predicted octanol–water partition coefficient (Wildman–Crippen LogP) is 8.14. The van der Waals surface area contributed by atoms with Gasteiger partial charge in [0.05, 0.1) is 37.6 Å². The number of aromatic nitrogens is 2. The molecule has 2 unspecified atom stereocenters. The molecule has 380 valence electrons. The van der Waals surface area contributed by atoms with E-state index in [1.807, 2.05) is 87.5 Å². The third kappa shape index (κ3) is 13.4. The average molecular weight is 981 g/mol. The molecule has 0 radical (unpaired) electrons. The molecule has 2 saturated heterocycles. The monoisotopic (exact) mass is 981 g/mol. The van der Waals surface area contributed by atoms with Crippen molar-refractivity contribution >= 4 is 35.3 Å². The molecule has 7 atom stereocenters. The molecule has 5 aromatic rings. The number of carboxylic acid groups (broad SMARTS) is 1. The van der Waals surface area contributed by atoms with Crippen molar-refractivity contribution < 1.29 is 38.6 Å². The Morgan fingerprint density at radius 1 is 0.806 bits per heavy atom. The summed E-state index contributed by atoms with van der Waals surface area (Å²) in [6.07, 6.45) is 7.23. The number of nitrogens with zero attached hydrogens (tertiary/aromatic N) is 4. The lowest BCUT2D eigenvalue weighted by molar-refractivity contribution is -0.147. The molecule has 0 aliphatic carbocycles. The second-order valence-corrected chi connectivity index (χ2v) is 19.7. The Hall–Kier alpha value is -7.13. The van der Waals surface area contributed by atoms with Crippen LogP contribution in [0.25, 0.3) is 11.1 Å². The molecular formula is C57H68N6O9. The van der Waals surface area contributed by atoms with Crippen LogP contribution in [0.2, 0.25) is 0 Å². The summed E-state index contributed by atoms with van der Waals surface area (Å²) in [6.45, 7) is 11.6. The normalized spacial score (nSPS) is 18.1. The van der Waals surface area contributed by atoms with Gasteiger partial charge in [0.15, 0.2) is 0 Å². The van der Waals surface area contributed by atoms with Crippen molar-refractivity contribution in [3.05, 3.63) is 153 Å². The van der Waals surface area contributed by atoms with Crippen LogP contribution in [0.4, 0.5) is 5.69 Å². The summed E-state index contributed by atoms with van der Waals surface area (Å²) in [6, 6.07) is 23.6. The number of piperidine rings is 2. The number of aryl methyl sites for hydroxylation is 3. The second kappa shape index (κ2) is 24.3. The second-order valence-electron chi connectivity index (χ2n) is 19.7. The summed E-state index contributed by atoms with van der Waals surface area (Å²) < 4.78 is 12.9. The number of amides is 3. The molecular weight excluding hydrogens is 913 g/mol. The molecule has 3 amide bonds. The number of carbonyl (C=O) groups excluding carboxylic acids is 4. The zero-order valence-electron chi connectivity index (χ0n) is 42.2. The predicted molar refractivity (Wildman–Crippen MR) is 275 cm³/mol. The van der Waals surface area contributed by atoms with E-state index in [4.69, 9.17) is 9.47 Å². The van der Waals surface area contributed by atoms with E-state index in [1.54, 1.807) is 49.5 Å². The van der Waals surface area contributed by atoms with E-state index in [9.17, 15) is 33.9 Å². The van der Waals surface area contributed by atoms with Crippen molar-refractivity contribution in [1.82, 2.24) is 25.1 Å². The molecule has 0 bridgehead atoms. The minimum Gasteiger partial charge on any atom is -0.481 e. The number of pyridine rings is 2. The van der Waals surface area contributed by atoms with Crippen LogP contribution >= 0.6 is 0 Å². The number of benzene rings is 3. The molecule has 72 heavy (non-hydrogen) atoms. The minimum absolute atomic E-state index is 0.0530. The molecule has 0 saturated carbocycles. The number of rotatable bonds is 20. The highest BCUT2D eigenvalue weighted by Crippen LogP contribution is 2.33. The van der Waals surface area contributed by atoms with Gasteiger partial charge >= 0.3 is 11.9 Å². The third-order valence-electron chi connectivity index (χ3n) is 13.9. The summed E-state index contributed by atoms with van der Waals surface area (Å²) in [5.74, 6) is -3.19. The number of ether oxygens (including phenoxy) is 2. The topological polar surface area (TPSA) is 189 Å². The Labute approximate surface area is 421 Å². The van der Waals surface area contributed by atoms with Crippen molar-refractivity contribution in [1.29, 1.82) is 0 Å². The lowest BCUT2D eigenvalue weighted by Crippen LogP contribution is -2.48. The lowest BCUT2D eigenvalue weighted by atomic mass is 9.93. The van der Waals surface area contributed by atoms with Crippen LogP contribution in [0.1, 0.15) is 116 Å². The van der Waals surface area contributed by atoms with E-state index in [0.29, 0.717) is 36.2 Å². The number of methoxy groups -OCH3 is 1. The number of carboxylic acids is 1. The number of esters is 1. The van der Waals surface area contributed by atoms with Crippen LogP contribution in [0.5, 0.6) is 0 Å². The van der Waals surface area contributed by atoms with Crippen molar-refractivity contribution in [2.45, 2.75) is 110 Å². The summed E-state index contributed by atoms with van der Waals surface area (Å²) >= 11 is 0. The van der Waals surface area contributed by atoms with E-state index in [2.05, 4.69) is 27.4 Å². The first kappa shape index (κ1) is 52.7. The van der Waals surface area contributed by atoms with E-state index >= 15 is 0 Å². The molecule has 4 heterocycles. The fourth-order valence-corrected chi connectivity index (χ4v) is 10.0. The lowest BCUT2D eigenvalue weighted by Gasteiger charge is -2.37. The van der Waals surface area contributed by atoms with Gasteiger partial charge in [-0.2, -0.15) is 0 Å². The van der Waals surface area contributed by atoms with Gasteiger partial charge < -0.3 is 39.6 Å². The van der Waals surface area contributed by atoms with Gasteiger partial charge in [0.1, 0.15) is 12.1 Å². The number of nitrogens with one attached hydrogen (secondary N) is 2. The van der Waals surface area contributed by atoms with Gasteiger partial charge in [0.2, 0.25) is 17.7 Å². The van der Waals surface area contributed by atoms with E-state index in [-0.39, 0.29) is 37.4 Å². The van der Waals surface area contributed by atoms with Crippen molar-refractivity contribution in [2.75, 3.05) is 38.3 Å². The van der Waals surface area contributed by atoms with E-state index in [0.717, 1.165) is 59.3 Å². The zero-order valence-corrected chi connectivity index (χ0v) is 42.2. The molecule has 2 fully saturated rings. The van der Waals surface area contributed by atoms with Crippen LogP contribution in [0, 0.1) is 32.6 Å². The van der Waals surface area contributed by atoms with Gasteiger partial charge in [-0.25, -0.2) is 0 Å². The first-order valence-corrected chi connectivity index (χ1v) is 25.0. The molecule has 2 aliphatic rings. The number of aliphatic carboxylic acids is 1. The SMILES string of the molecule is CO[C@H]1CCCN(c2cccc([C@H](CC(=O)O)NC(=O)[C@H](CC(C)COC(=O)C[C@H](NC(=O)[C@@H](c3ccc(C)cc3)N3CC(C)CCC3=O)c3cncc(-c4c(C)cccc4C)c3)n3ccccc3=O)c2)C1. The van der Waals surface area contributed by atoms with Crippen LogP contribution in [0.3, 0.4) is 0 Å². The highest BCUT2D eigenvalue weighted by Gasteiger charge is 2.37.